The molecule has 1 saturated heterocycles. The van der Waals surface area contributed by atoms with Crippen molar-refractivity contribution in [3.8, 4) is 5.75 Å². The van der Waals surface area contributed by atoms with E-state index < -0.39 is 19.7 Å². The molecule has 10 nitrogen and oxygen atoms in total. The zero-order chi connectivity index (χ0) is 27.1. The van der Waals surface area contributed by atoms with Crippen LogP contribution in [0.1, 0.15) is 43.0 Å². The van der Waals surface area contributed by atoms with Crippen molar-refractivity contribution in [1.29, 1.82) is 0 Å². The van der Waals surface area contributed by atoms with E-state index in [4.69, 9.17) is 9.15 Å². The molecular formula is C26H31N3O7S2. The van der Waals surface area contributed by atoms with Crippen molar-refractivity contribution < 1.29 is 30.8 Å². The zero-order valence-corrected chi connectivity index (χ0v) is 23.1. The van der Waals surface area contributed by atoms with E-state index in [1.165, 1.54) is 24.3 Å². The van der Waals surface area contributed by atoms with Crippen molar-refractivity contribution in [2.75, 3.05) is 43.1 Å². The number of carbonyl (C=O) groups is 1. The Morgan fingerprint density at radius 2 is 1.68 bits per heavy atom. The first-order chi connectivity index (χ1) is 18.0. The van der Waals surface area contributed by atoms with Gasteiger partial charge in [0.15, 0.2) is 25.3 Å². The summed E-state index contributed by atoms with van der Waals surface area (Å²) in [5, 5.41) is 0. The number of fused-ring (bicyclic) bond motifs is 1. The number of anilines is 1. The lowest BCUT2D eigenvalue weighted by atomic mass is 10.1. The molecular weight excluding hydrogens is 530 g/mol. The number of rotatable bonds is 7. The number of nitrogens with zero attached hydrogens (tertiary/aromatic N) is 3. The Kier molecular flexibility index (Phi) is 7.12. The van der Waals surface area contributed by atoms with Gasteiger partial charge in [0, 0.05) is 32.4 Å². The Hall–Kier alpha value is -3.12. The predicted octanol–water partition coefficient (Wildman–Crippen LogP) is 3.31. The summed E-state index contributed by atoms with van der Waals surface area (Å²) in [5.74, 6) is 0.128. The number of aromatic nitrogens is 1. The second-order valence-corrected chi connectivity index (χ2v) is 14.1. The van der Waals surface area contributed by atoms with Crippen LogP contribution in [0.15, 0.2) is 50.6 Å². The highest BCUT2D eigenvalue weighted by Crippen LogP contribution is 2.31. The average Bonchev–Trinajstić information content (AvgIpc) is 3.57. The lowest BCUT2D eigenvalue weighted by Crippen LogP contribution is -2.49. The summed E-state index contributed by atoms with van der Waals surface area (Å²) >= 11 is 0. The Morgan fingerprint density at radius 3 is 2.34 bits per heavy atom. The minimum atomic E-state index is -3.50. The highest BCUT2D eigenvalue weighted by molar-refractivity contribution is 7.91. The molecule has 0 N–H and O–H groups in total. The van der Waals surface area contributed by atoms with E-state index in [0.717, 1.165) is 31.9 Å². The van der Waals surface area contributed by atoms with E-state index in [1.54, 1.807) is 24.0 Å². The first kappa shape index (κ1) is 26.5. The maximum atomic E-state index is 13.6. The topological polar surface area (TPSA) is 127 Å². The quantitative estimate of drug-likeness (QED) is 0.427. The molecule has 1 aliphatic heterocycles. The van der Waals surface area contributed by atoms with Gasteiger partial charge < -0.3 is 19.0 Å². The Morgan fingerprint density at radius 1 is 1.00 bits per heavy atom. The minimum Gasteiger partial charge on any atom is -0.490 e. The molecule has 12 heteroatoms. The van der Waals surface area contributed by atoms with E-state index in [9.17, 15) is 21.6 Å². The number of piperazine rings is 1. The maximum absolute atomic E-state index is 13.6. The maximum Gasteiger partial charge on any atom is 0.298 e. The molecule has 2 heterocycles. The molecule has 1 saturated carbocycles. The highest BCUT2D eigenvalue weighted by Gasteiger charge is 2.29. The second kappa shape index (κ2) is 10.2. The standard InChI is InChI=1S/C26H31N3O7S2/c1-3-38(33,34)20-9-11-24-22(17-20)27-26(36-24)29-14-12-28(13-15-29)25(30)21-16-19(37(2,31)32)8-10-23(21)35-18-6-4-5-7-18/h8-11,16-18H,3-7,12-15H2,1-2H3. The van der Waals surface area contributed by atoms with Gasteiger partial charge in [-0.15, -0.1) is 0 Å². The fourth-order valence-electron chi connectivity index (χ4n) is 4.86. The Labute approximate surface area is 222 Å². The molecule has 0 spiro atoms. The average molecular weight is 562 g/mol. The van der Waals surface area contributed by atoms with Crippen molar-refractivity contribution in [3.05, 3.63) is 42.0 Å². The normalized spacial score (nSPS) is 17.3. The third-order valence-electron chi connectivity index (χ3n) is 7.13. The number of benzene rings is 2. The first-order valence-electron chi connectivity index (χ1n) is 12.7. The summed E-state index contributed by atoms with van der Waals surface area (Å²) < 4.78 is 60.8. The number of carbonyl (C=O) groups excluding carboxylic acids is 1. The van der Waals surface area contributed by atoms with Gasteiger partial charge in [-0.3, -0.25) is 4.79 Å². The molecule has 2 aromatic carbocycles. The van der Waals surface area contributed by atoms with Gasteiger partial charge in [-0.05, 0) is 62.1 Å². The highest BCUT2D eigenvalue weighted by atomic mass is 32.2. The van der Waals surface area contributed by atoms with Gasteiger partial charge in [-0.2, -0.15) is 4.98 Å². The van der Waals surface area contributed by atoms with Crippen LogP contribution in [0, 0.1) is 0 Å². The second-order valence-electron chi connectivity index (χ2n) is 9.76. The SMILES string of the molecule is CCS(=O)(=O)c1ccc2oc(N3CCN(C(=O)c4cc(S(C)(=O)=O)ccc4OC4CCCC4)CC3)nc2c1. The molecule has 38 heavy (non-hydrogen) atoms. The number of hydrogen-bond donors (Lipinski definition) is 0. The van der Waals surface area contributed by atoms with Gasteiger partial charge in [0.1, 0.15) is 11.3 Å². The van der Waals surface area contributed by atoms with Crippen LogP contribution >= 0.6 is 0 Å². The summed E-state index contributed by atoms with van der Waals surface area (Å²) in [6.45, 7) is 3.24. The molecule has 5 rings (SSSR count). The number of amides is 1. The lowest BCUT2D eigenvalue weighted by molar-refractivity contribution is 0.0737. The summed E-state index contributed by atoms with van der Waals surface area (Å²) in [5.41, 5.74) is 1.19. The number of oxazole rings is 1. The van der Waals surface area contributed by atoms with E-state index in [1.807, 2.05) is 4.90 Å². The van der Waals surface area contributed by atoms with E-state index >= 15 is 0 Å². The molecule has 1 aliphatic carbocycles. The van der Waals surface area contributed by atoms with E-state index in [0.29, 0.717) is 49.0 Å². The van der Waals surface area contributed by atoms with Crippen LogP contribution in [-0.4, -0.2) is 76.9 Å². The molecule has 1 aromatic heterocycles. The monoisotopic (exact) mass is 561 g/mol. The fourth-order valence-corrected chi connectivity index (χ4v) is 6.40. The van der Waals surface area contributed by atoms with Gasteiger partial charge in [-0.1, -0.05) is 6.92 Å². The molecule has 0 atom stereocenters. The molecule has 0 bridgehead atoms. The van der Waals surface area contributed by atoms with Crippen LogP contribution in [0.2, 0.25) is 0 Å². The Balaban J connectivity index is 1.33. The smallest absolute Gasteiger partial charge is 0.298 e. The largest absolute Gasteiger partial charge is 0.490 e. The van der Waals surface area contributed by atoms with Crippen LogP contribution in [-0.2, 0) is 19.7 Å². The van der Waals surface area contributed by atoms with Crippen molar-refractivity contribution in [2.45, 2.75) is 48.5 Å². The lowest BCUT2D eigenvalue weighted by Gasteiger charge is -2.34. The molecule has 204 valence electrons. The van der Waals surface area contributed by atoms with Crippen molar-refractivity contribution in [3.63, 3.8) is 0 Å². The summed E-state index contributed by atoms with van der Waals surface area (Å²) in [4.78, 5) is 21.9. The van der Waals surface area contributed by atoms with Crippen molar-refractivity contribution in [1.82, 2.24) is 9.88 Å². The third kappa shape index (κ3) is 5.37. The summed E-state index contributed by atoms with van der Waals surface area (Å²) in [7, 11) is -6.86. The van der Waals surface area contributed by atoms with Crippen LogP contribution < -0.4 is 9.64 Å². The molecule has 3 aromatic rings. The van der Waals surface area contributed by atoms with Gasteiger partial charge in [-0.25, -0.2) is 16.8 Å². The predicted molar refractivity (Wildman–Crippen MR) is 142 cm³/mol. The van der Waals surface area contributed by atoms with Gasteiger partial charge in [0.25, 0.3) is 11.9 Å². The van der Waals surface area contributed by atoms with Crippen molar-refractivity contribution in [2.24, 2.45) is 0 Å². The van der Waals surface area contributed by atoms with Gasteiger partial charge >= 0.3 is 0 Å². The summed E-state index contributed by atoms with van der Waals surface area (Å²) in [6.07, 6.45) is 5.11. The van der Waals surface area contributed by atoms with E-state index in [2.05, 4.69) is 4.98 Å². The molecule has 2 aliphatic rings. The first-order valence-corrected chi connectivity index (χ1v) is 16.3. The van der Waals surface area contributed by atoms with Crippen molar-refractivity contribution >= 4 is 42.7 Å². The van der Waals surface area contributed by atoms with Gasteiger partial charge in [0.05, 0.1) is 27.2 Å². The molecule has 2 fully saturated rings. The number of hydrogen-bond acceptors (Lipinski definition) is 9. The number of ether oxygens (including phenoxy) is 1. The van der Waals surface area contributed by atoms with Crippen LogP contribution in [0.3, 0.4) is 0 Å². The van der Waals surface area contributed by atoms with E-state index in [-0.39, 0.29) is 33.1 Å². The number of sulfone groups is 2. The van der Waals surface area contributed by atoms with Gasteiger partial charge in [0.2, 0.25) is 0 Å². The summed E-state index contributed by atoms with van der Waals surface area (Å²) in [6, 6.07) is 9.49. The molecule has 0 unspecified atom stereocenters. The fraction of sp³-hybridized carbons (Fsp3) is 0.462. The minimum absolute atomic E-state index is 0.000290. The van der Waals surface area contributed by atoms with Crippen LogP contribution in [0.5, 0.6) is 5.75 Å². The van der Waals surface area contributed by atoms with Crippen LogP contribution in [0.4, 0.5) is 6.01 Å². The molecule has 1 amide bonds. The Bertz CT molecular complexity index is 1570. The van der Waals surface area contributed by atoms with Crippen LogP contribution in [0.25, 0.3) is 11.1 Å². The third-order valence-corrected chi connectivity index (χ3v) is 9.97. The zero-order valence-electron chi connectivity index (χ0n) is 21.4. The molecule has 0 radical (unpaired) electrons.